The van der Waals surface area contributed by atoms with Crippen LogP contribution in [0.2, 0.25) is 0 Å². The number of nitrogens with zero attached hydrogens (tertiary/aromatic N) is 3. The fourth-order valence-corrected chi connectivity index (χ4v) is 2.67. The summed E-state index contributed by atoms with van der Waals surface area (Å²) < 4.78 is 0. The minimum Gasteiger partial charge on any atom is -0.288 e. The second-order valence-corrected chi connectivity index (χ2v) is 6.34. The van der Waals surface area contributed by atoms with Crippen LogP contribution in [0.25, 0.3) is 0 Å². The zero-order valence-electron chi connectivity index (χ0n) is 16.5. The van der Waals surface area contributed by atoms with Crippen LogP contribution in [0.3, 0.4) is 0 Å². The van der Waals surface area contributed by atoms with Gasteiger partial charge in [-0.05, 0) is 30.3 Å². The summed E-state index contributed by atoms with van der Waals surface area (Å²) in [4.78, 5) is 22.3. The topological polar surface area (TPSA) is 84.9 Å². The summed E-state index contributed by atoms with van der Waals surface area (Å²) >= 11 is 0. The largest absolute Gasteiger partial charge is 0.288 e. The van der Waals surface area contributed by atoms with Crippen molar-refractivity contribution in [3.8, 4) is 0 Å². The fraction of sp³-hybridized carbons (Fsp3) is 0. The van der Waals surface area contributed by atoms with E-state index in [9.17, 15) is 14.9 Å². The van der Waals surface area contributed by atoms with E-state index in [1.807, 2.05) is 60.7 Å². The van der Waals surface area contributed by atoms with Gasteiger partial charge in [-0.3, -0.25) is 14.9 Å². The van der Waals surface area contributed by atoms with E-state index in [0.717, 1.165) is 11.4 Å². The average Bonchev–Trinajstić information content (AvgIpc) is 2.84. The van der Waals surface area contributed by atoms with Crippen LogP contribution in [0, 0.1) is 10.1 Å². The molecular weight excluding hydrogens is 390 g/mol. The normalized spacial score (nSPS) is 10.2. The van der Waals surface area contributed by atoms with Crippen molar-refractivity contribution in [2.75, 3.05) is 0 Å². The van der Waals surface area contributed by atoms with Crippen molar-refractivity contribution in [2.45, 2.75) is 0 Å². The highest BCUT2D eigenvalue weighted by atomic mass is 16.6. The summed E-state index contributed by atoms with van der Waals surface area (Å²) in [6, 6.07) is 33.9. The number of nitro benzene ring substituents is 1. The molecule has 0 atom stereocenters. The molecule has 0 amide bonds. The van der Waals surface area contributed by atoms with E-state index in [1.165, 1.54) is 12.1 Å². The lowest BCUT2D eigenvalue weighted by Crippen LogP contribution is -2.04. The molecular formula is C25H19N3O3. The number of nitro groups is 1. The van der Waals surface area contributed by atoms with Gasteiger partial charge in [-0.2, -0.15) is 10.2 Å². The molecule has 31 heavy (non-hydrogen) atoms. The van der Waals surface area contributed by atoms with Gasteiger partial charge in [0.05, 0.1) is 16.3 Å². The highest BCUT2D eigenvalue weighted by Crippen LogP contribution is 2.21. The maximum absolute atomic E-state index is 12.1. The number of carbonyl (C=O) groups excluding carboxylic acids is 1. The van der Waals surface area contributed by atoms with Crippen LogP contribution < -0.4 is 0 Å². The monoisotopic (exact) mass is 409 g/mol. The zero-order valence-corrected chi connectivity index (χ0v) is 16.5. The Labute approximate surface area is 179 Å². The van der Waals surface area contributed by atoms with Crippen LogP contribution in [0.4, 0.5) is 17.1 Å². The summed E-state index contributed by atoms with van der Waals surface area (Å²) in [5, 5.41) is 19.0. The molecule has 0 bridgehead atoms. The minimum absolute atomic E-state index is 0.115. The van der Waals surface area contributed by atoms with E-state index in [2.05, 4.69) is 10.2 Å². The van der Waals surface area contributed by atoms with Gasteiger partial charge < -0.3 is 0 Å². The molecule has 0 aliphatic rings. The molecule has 0 saturated carbocycles. The molecule has 152 valence electrons. The Morgan fingerprint density at radius 1 is 0.613 bits per heavy atom. The Hall–Kier alpha value is -4.45. The van der Waals surface area contributed by atoms with Crippen LogP contribution in [0.15, 0.2) is 125 Å². The molecule has 0 aromatic heterocycles. The van der Waals surface area contributed by atoms with E-state index in [4.69, 9.17) is 0 Å². The Morgan fingerprint density at radius 3 is 1.52 bits per heavy atom. The van der Waals surface area contributed by atoms with Gasteiger partial charge in [0.25, 0.3) is 5.69 Å². The third kappa shape index (κ3) is 6.27. The lowest BCUT2D eigenvalue weighted by Gasteiger charge is -2.01. The van der Waals surface area contributed by atoms with Crippen molar-refractivity contribution in [1.82, 2.24) is 0 Å². The standard InChI is InChI=1S/C13H9NO3.C12H10N2/c15-13(10-6-2-1-3-7-10)11-8-4-5-9-12(11)14(16)17;1-3-7-11(8-4-1)13-14-12-9-5-2-6-10-12/h1-9H;1-10H. The molecule has 4 aromatic carbocycles. The molecule has 0 radical (unpaired) electrons. The van der Waals surface area contributed by atoms with Gasteiger partial charge in [0.1, 0.15) is 5.56 Å². The molecule has 0 fully saturated rings. The Balaban J connectivity index is 0.000000179. The van der Waals surface area contributed by atoms with Gasteiger partial charge in [-0.25, -0.2) is 0 Å². The number of azo groups is 1. The molecule has 6 nitrogen and oxygen atoms in total. The highest BCUT2D eigenvalue weighted by Gasteiger charge is 2.19. The number of carbonyl (C=O) groups is 1. The van der Waals surface area contributed by atoms with Crippen LogP contribution in [-0.2, 0) is 0 Å². The van der Waals surface area contributed by atoms with Crippen molar-refractivity contribution in [3.05, 3.63) is 137 Å². The Kier molecular flexibility index (Phi) is 7.49. The molecule has 0 N–H and O–H groups in total. The van der Waals surface area contributed by atoms with E-state index >= 15 is 0 Å². The number of ketones is 1. The van der Waals surface area contributed by atoms with Gasteiger partial charge in [-0.15, -0.1) is 0 Å². The van der Waals surface area contributed by atoms with Crippen LogP contribution in [-0.4, -0.2) is 10.7 Å². The second-order valence-electron chi connectivity index (χ2n) is 6.34. The smallest absolute Gasteiger partial charge is 0.280 e. The number of benzene rings is 4. The predicted molar refractivity (Wildman–Crippen MR) is 120 cm³/mol. The average molecular weight is 409 g/mol. The van der Waals surface area contributed by atoms with Crippen LogP contribution in [0.5, 0.6) is 0 Å². The fourth-order valence-electron chi connectivity index (χ4n) is 2.67. The molecule has 4 aromatic rings. The summed E-state index contributed by atoms with van der Waals surface area (Å²) in [5.41, 5.74) is 2.14. The molecule has 0 unspecified atom stereocenters. The minimum atomic E-state index is -0.545. The first-order chi connectivity index (χ1) is 15.1. The summed E-state index contributed by atoms with van der Waals surface area (Å²) in [7, 11) is 0. The van der Waals surface area contributed by atoms with Gasteiger partial charge in [-0.1, -0.05) is 78.9 Å². The number of para-hydroxylation sites is 1. The SMILES string of the molecule is O=C(c1ccccc1)c1ccccc1[N+](=O)[O-].c1ccc(N=Nc2ccccc2)cc1. The third-order valence-electron chi connectivity index (χ3n) is 4.17. The Morgan fingerprint density at radius 2 is 1.03 bits per heavy atom. The third-order valence-corrected chi connectivity index (χ3v) is 4.17. The second kappa shape index (κ2) is 10.9. The molecule has 0 spiro atoms. The van der Waals surface area contributed by atoms with Crippen LogP contribution >= 0.6 is 0 Å². The van der Waals surface area contributed by atoms with E-state index in [-0.39, 0.29) is 17.0 Å². The quantitative estimate of drug-likeness (QED) is 0.155. The summed E-state index contributed by atoms with van der Waals surface area (Å²) in [5.74, 6) is -0.335. The van der Waals surface area contributed by atoms with Gasteiger partial charge >= 0.3 is 0 Å². The lowest BCUT2D eigenvalue weighted by atomic mass is 10.0. The predicted octanol–water partition coefficient (Wildman–Crippen LogP) is 6.93. The molecule has 0 aliphatic heterocycles. The molecule has 0 aliphatic carbocycles. The van der Waals surface area contributed by atoms with Crippen molar-refractivity contribution < 1.29 is 9.72 Å². The summed E-state index contributed by atoms with van der Waals surface area (Å²) in [6.07, 6.45) is 0. The van der Waals surface area contributed by atoms with Gasteiger partial charge in [0.2, 0.25) is 0 Å². The van der Waals surface area contributed by atoms with Crippen molar-refractivity contribution in [2.24, 2.45) is 10.2 Å². The van der Waals surface area contributed by atoms with Gasteiger partial charge in [0, 0.05) is 11.6 Å². The maximum Gasteiger partial charge on any atom is 0.280 e. The first kappa shape index (κ1) is 21.3. The van der Waals surface area contributed by atoms with E-state index in [1.54, 1.807) is 42.5 Å². The van der Waals surface area contributed by atoms with E-state index < -0.39 is 4.92 Å². The number of hydrogen-bond donors (Lipinski definition) is 0. The molecule has 0 saturated heterocycles. The Bertz CT molecular complexity index is 1120. The van der Waals surface area contributed by atoms with Crippen molar-refractivity contribution in [1.29, 1.82) is 0 Å². The first-order valence-electron chi connectivity index (χ1n) is 9.50. The summed E-state index contributed by atoms with van der Waals surface area (Å²) in [6.45, 7) is 0. The maximum atomic E-state index is 12.1. The zero-order chi connectivity index (χ0) is 21.9. The van der Waals surface area contributed by atoms with Crippen LogP contribution in [0.1, 0.15) is 15.9 Å². The highest BCUT2D eigenvalue weighted by molar-refractivity contribution is 6.11. The molecule has 0 heterocycles. The lowest BCUT2D eigenvalue weighted by molar-refractivity contribution is -0.385. The number of rotatable bonds is 5. The molecule has 6 heteroatoms. The van der Waals surface area contributed by atoms with Crippen molar-refractivity contribution in [3.63, 3.8) is 0 Å². The van der Waals surface area contributed by atoms with Crippen molar-refractivity contribution >= 4 is 22.8 Å². The first-order valence-corrected chi connectivity index (χ1v) is 9.50. The molecule has 4 rings (SSSR count). The van der Waals surface area contributed by atoms with Gasteiger partial charge in [0.15, 0.2) is 5.78 Å². The van der Waals surface area contributed by atoms with E-state index in [0.29, 0.717) is 5.56 Å². The number of hydrogen-bond acceptors (Lipinski definition) is 5.